The number of amides is 1. The van der Waals surface area contributed by atoms with Crippen molar-refractivity contribution in [1.82, 2.24) is 24.5 Å². The standard InChI is InChI=1S/C27H24ClN5O2/c1-18-10-12-19(13-11-18)17-32-26(35)21-7-3-5-9-23(21)33-24(30-31-27(32)33)14-15-25(34)29-16-20-6-2-4-8-22(20)28/h2-13H,14-17H2,1H3,(H,29,34). The van der Waals surface area contributed by atoms with Crippen LogP contribution in [0.15, 0.2) is 77.6 Å². The number of hydrogen-bond donors (Lipinski definition) is 1. The van der Waals surface area contributed by atoms with Crippen LogP contribution in [0.1, 0.15) is 28.9 Å². The third kappa shape index (κ3) is 4.68. The molecule has 1 N–H and O–H groups in total. The summed E-state index contributed by atoms with van der Waals surface area (Å²) in [6.07, 6.45) is 0.610. The van der Waals surface area contributed by atoms with Crippen molar-refractivity contribution in [3.8, 4) is 0 Å². The van der Waals surface area contributed by atoms with Crippen molar-refractivity contribution in [1.29, 1.82) is 0 Å². The van der Waals surface area contributed by atoms with Gasteiger partial charge in [-0.1, -0.05) is 71.8 Å². The van der Waals surface area contributed by atoms with Gasteiger partial charge in [-0.15, -0.1) is 10.2 Å². The Bertz CT molecular complexity index is 1590. The van der Waals surface area contributed by atoms with Crippen LogP contribution in [-0.2, 0) is 24.3 Å². The molecule has 7 nitrogen and oxygen atoms in total. The van der Waals surface area contributed by atoms with Gasteiger partial charge in [0.25, 0.3) is 5.56 Å². The number of halogens is 1. The number of aryl methyl sites for hydroxylation is 2. The molecule has 0 saturated carbocycles. The highest BCUT2D eigenvalue weighted by Gasteiger charge is 2.17. The first-order chi connectivity index (χ1) is 17.0. The van der Waals surface area contributed by atoms with Crippen LogP contribution >= 0.6 is 11.6 Å². The summed E-state index contributed by atoms with van der Waals surface area (Å²) in [5, 5.41) is 12.8. The highest BCUT2D eigenvalue weighted by atomic mass is 35.5. The molecule has 1 amide bonds. The van der Waals surface area contributed by atoms with Gasteiger partial charge >= 0.3 is 0 Å². The number of nitrogens with one attached hydrogen (secondary N) is 1. The van der Waals surface area contributed by atoms with Gasteiger partial charge in [-0.05, 0) is 36.2 Å². The van der Waals surface area contributed by atoms with Gasteiger partial charge < -0.3 is 5.32 Å². The lowest BCUT2D eigenvalue weighted by atomic mass is 10.1. The highest BCUT2D eigenvalue weighted by Crippen LogP contribution is 2.17. The summed E-state index contributed by atoms with van der Waals surface area (Å²) in [7, 11) is 0. The Labute approximate surface area is 207 Å². The van der Waals surface area contributed by atoms with Crippen LogP contribution < -0.4 is 10.9 Å². The van der Waals surface area contributed by atoms with Crippen molar-refractivity contribution >= 4 is 34.2 Å². The number of carbonyl (C=O) groups is 1. The summed E-state index contributed by atoms with van der Waals surface area (Å²) in [6, 6.07) is 22.9. The molecule has 35 heavy (non-hydrogen) atoms. The molecule has 0 fully saturated rings. The number of fused-ring (bicyclic) bond motifs is 3. The quantitative estimate of drug-likeness (QED) is 0.372. The summed E-state index contributed by atoms with van der Waals surface area (Å²) in [5.41, 5.74) is 3.62. The zero-order chi connectivity index (χ0) is 24.4. The molecule has 8 heteroatoms. The minimum absolute atomic E-state index is 0.112. The van der Waals surface area contributed by atoms with Crippen LogP contribution in [0, 0.1) is 6.92 Å². The molecule has 0 saturated heterocycles. The fourth-order valence-corrected chi connectivity index (χ4v) is 4.35. The minimum Gasteiger partial charge on any atom is -0.352 e. The van der Waals surface area contributed by atoms with E-state index in [1.165, 1.54) is 0 Å². The predicted octanol–water partition coefficient (Wildman–Crippen LogP) is 4.30. The lowest BCUT2D eigenvalue weighted by molar-refractivity contribution is -0.121. The number of aromatic nitrogens is 4. The lowest BCUT2D eigenvalue weighted by Gasteiger charge is -2.12. The van der Waals surface area contributed by atoms with Crippen LogP contribution in [0.2, 0.25) is 5.02 Å². The molecular weight excluding hydrogens is 462 g/mol. The number of para-hydroxylation sites is 1. The molecule has 2 aromatic heterocycles. The monoisotopic (exact) mass is 485 g/mol. The number of nitrogens with zero attached hydrogens (tertiary/aromatic N) is 4. The molecule has 2 heterocycles. The van der Waals surface area contributed by atoms with Crippen LogP contribution in [0.4, 0.5) is 0 Å². The van der Waals surface area contributed by atoms with Crippen molar-refractivity contribution in [3.63, 3.8) is 0 Å². The molecule has 5 aromatic rings. The van der Waals surface area contributed by atoms with Crippen LogP contribution in [0.3, 0.4) is 0 Å². The predicted molar refractivity (Wildman–Crippen MR) is 137 cm³/mol. The maximum absolute atomic E-state index is 13.3. The van der Waals surface area contributed by atoms with Gasteiger partial charge in [0.05, 0.1) is 17.4 Å². The molecule has 5 rings (SSSR count). The van der Waals surface area contributed by atoms with E-state index in [0.29, 0.717) is 41.5 Å². The molecule has 0 spiro atoms. The van der Waals surface area contributed by atoms with Crippen molar-refractivity contribution in [2.75, 3.05) is 0 Å². The second-order valence-corrected chi connectivity index (χ2v) is 8.92. The van der Waals surface area contributed by atoms with E-state index >= 15 is 0 Å². The first kappa shape index (κ1) is 22.8. The number of rotatable bonds is 7. The van der Waals surface area contributed by atoms with Gasteiger partial charge in [0.1, 0.15) is 5.82 Å². The fourth-order valence-electron chi connectivity index (χ4n) is 4.14. The Morgan fingerprint density at radius 3 is 2.51 bits per heavy atom. The van der Waals surface area contributed by atoms with E-state index in [9.17, 15) is 9.59 Å². The molecule has 0 bridgehead atoms. The normalized spacial score (nSPS) is 11.3. The molecule has 176 valence electrons. The SMILES string of the molecule is Cc1ccc(Cn2c(=O)c3ccccc3n3c(CCC(=O)NCc4ccccc4Cl)nnc23)cc1. The zero-order valence-electron chi connectivity index (χ0n) is 19.2. The molecular formula is C27H24ClN5O2. The second kappa shape index (κ2) is 9.72. The van der Waals surface area contributed by atoms with Gasteiger partial charge in [0, 0.05) is 24.4 Å². The van der Waals surface area contributed by atoms with E-state index in [4.69, 9.17) is 11.6 Å². The van der Waals surface area contributed by atoms with Gasteiger partial charge in [0.2, 0.25) is 11.7 Å². The molecule has 0 aliphatic heterocycles. The molecule has 0 unspecified atom stereocenters. The third-order valence-corrected chi connectivity index (χ3v) is 6.41. The maximum Gasteiger partial charge on any atom is 0.263 e. The van der Waals surface area contributed by atoms with E-state index in [0.717, 1.165) is 22.2 Å². The third-order valence-electron chi connectivity index (χ3n) is 6.05. The Morgan fingerprint density at radius 1 is 0.971 bits per heavy atom. The van der Waals surface area contributed by atoms with Gasteiger partial charge in [-0.2, -0.15) is 0 Å². The maximum atomic E-state index is 13.3. The average molecular weight is 486 g/mol. The van der Waals surface area contributed by atoms with Crippen LogP contribution in [0.25, 0.3) is 16.7 Å². The first-order valence-corrected chi connectivity index (χ1v) is 11.8. The number of benzene rings is 3. The summed E-state index contributed by atoms with van der Waals surface area (Å²) in [4.78, 5) is 25.9. The summed E-state index contributed by atoms with van der Waals surface area (Å²) in [5.74, 6) is 0.974. The Morgan fingerprint density at radius 2 is 1.71 bits per heavy atom. The Hall–Kier alpha value is -3.97. The first-order valence-electron chi connectivity index (χ1n) is 11.4. The summed E-state index contributed by atoms with van der Waals surface area (Å²) in [6.45, 7) is 2.77. The largest absolute Gasteiger partial charge is 0.352 e. The number of hydrogen-bond acceptors (Lipinski definition) is 4. The molecule has 0 aliphatic rings. The highest BCUT2D eigenvalue weighted by molar-refractivity contribution is 6.31. The minimum atomic E-state index is -0.120. The van der Waals surface area contributed by atoms with Crippen molar-refractivity contribution in [3.05, 3.63) is 111 Å². The average Bonchev–Trinajstić information content (AvgIpc) is 3.30. The molecule has 0 radical (unpaired) electrons. The lowest BCUT2D eigenvalue weighted by Crippen LogP contribution is -2.25. The zero-order valence-corrected chi connectivity index (χ0v) is 20.0. The molecule has 3 aromatic carbocycles. The van der Waals surface area contributed by atoms with Gasteiger partial charge in [-0.3, -0.25) is 18.6 Å². The Kier molecular flexibility index (Phi) is 6.33. The molecule has 0 aliphatic carbocycles. The fraction of sp³-hybridized carbons (Fsp3) is 0.185. The van der Waals surface area contributed by atoms with Crippen molar-refractivity contribution < 1.29 is 4.79 Å². The van der Waals surface area contributed by atoms with Gasteiger partial charge in [-0.25, -0.2) is 0 Å². The Balaban J connectivity index is 1.44. The second-order valence-electron chi connectivity index (χ2n) is 8.51. The summed E-state index contributed by atoms with van der Waals surface area (Å²) < 4.78 is 3.52. The molecule has 0 atom stereocenters. The van der Waals surface area contributed by atoms with E-state index < -0.39 is 0 Å². The van der Waals surface area contributed by atoms with E-state index in [1.54, 1.807) is 10.6 Å². The van der Waals surface area contributed by atoms with Crippen LogP contribution in [0.5, 0.6) is 0 Å². The van der Waals surface area contributed by atoms with E-state index in [2.05, 4.69) is 15.5 Å². The summed E-state index contributed by atoms with van der Waals surface area (Å²) >= 11 is 6.18. The van der Waals surface area contributed by atoms with Crippen molar-refractivity contribution in [2.24, 2.45) is 0 Å². The van der Waals surface area contributed by atoms with Crippen molar-refractivity contribution in [2.45, 2.75) is 32.9 Å². The smallest absolute Gasteiger partial charge is 0.263 e. The van der Waals surface area contributed by atoms with Crippen LogP contribution in [-0.4, -0.2) is 25.1 Å². The van der Waals surface area contributed by atoms with E-state index in [1.807, 2.05) is 78.1 Å². The topological polar surface area (TPSA) is 81.3 Å². The van der Waals surface area contributed by atoms with Gasteiger partial charge in [0.15, 0.2) is 0 Å². The van der Waals surface area contributed by atoms with E-state index in [-0.39, 0.29) is 17.9 Å². The number of carbonyl (C=O) groups excluding carboxylic acids is 1.